The van der Waals surface area contributed by atoms with Crippen molar-refractivity contribution in [3.05, 3.63) is 28.6 Å². The van der Waals surface area contributed by atoms with Crippen LogP contribution in [0.5, 0.6) is 0 Å². The fourth-order valence-corrected chi connectivity index (χ4v) is 4.91. The molecule has 1 aliphatic rings. The van der Waals surface area contributed by atoms with Gasteiger partial charge in [-0.15, -0.1) is 11.3 Å². The Hall–Kier alpha value is -1.20. The number of amides is 1. The van der Waals surface area contributed by atoms with Crippen molar-refractivity contribution in [2.45, 2.75) is 31.4 Å². The molecule has 3 N–H and O–H groups in total. The van der Waals surface area contributed by atoms with Crippen LogP contribution in [-0.4, -0.2) is 23.5 Å². The zero-order chi connectivity index (χ0) is 14.8. The van der Waals surface area contributed by atoms with Crippen molar-refractivity contribution >= 4 is 44.8 Å². The summed E-state index contributed by atoms with van der Waals surface area (Å²) in [6, 6.07) is 6.15. The number of nitrogens with two attached hydrogens (primary N) is 1. The maximum atomic E-state index is 12.4. The third-order valence-electron chi connectivity index (χ3n) is 3.85. The van der Waals surface area contributed by atoms with Crippen LogP contribution in [0.25, 0.3) is 10.1 Å². The van der Waals surface area contributed by atoms with Gasteiger partial charge in [0.05, 0.1) is 5.69 Å². The summed E-state index contributed by atoms with van der Waals surface area (Å²) in [4.78, 5) is 13.0. The third kappa shape index (κ3) is 3.19. The largest absolute Gasteiger partial charge is 0.397 e. The molecule has 2 aromatic rings. The van der Waals surface area contributed by atoms with Crippen molar-refractivity contribution in [1.82, 2.24) is 5.32 Å². The highest BCUT2D eigenvalue weighted by molar-refractivity contribution is 7.99. The maximum absolute atomic E-state index is 12.4. The molecular formula is C16H20N2OS2. The molecular weight excluding hydrogens is 300 g/mol. The topological polar surface area (TPSA) is 55.1 Å². The molecule has 1 aromatic heterocycles. The van der Waals surface area contributed by atoms with Gasteiger partial charge in [0.2, 0.25) is 0 Å². The van der Waals surface area contributed by atoms with Crippen LogP contribution in [0.15, 0.2) is 18.2 Å². The van der Waals surface area contributed by atoms with Gasteiger partial charge >= 0.3 is 0 Å². The van der Waals surface area contributed by atoms with Crippen molar-refractivity contribution in [1.29, 1.82) is 0 Å². The molecule has 1 atom stereocenters. The van der Waals surface area contributed by atoms with E-state index in [2.05, 4.69) is 17.4 Å². The summed E-state index contributed by atoms with van der Waals surface area (Å²) < 4.78 is 1.08. The van der Waals surface area contributed by atoms with Gasteiger partial charge in [-0.25, -0.2) is 0 Å². The summed E-state index contributed by atoms with van der Waals surface area (Å²) in [7, 11) is 0. The number of nitrogen functional groups attached to an aromatic ring is 1. The normalized spacial score (nSPS) is 18.8. The van der Waals surface area contributed by atoms with Crippen LogP contribution in [-0.2, 0) is 0 Å². The summed E-state index contributed by atoms with van der Waals surface area (Å²) >= 11 is 3.45. The van der Waals surface area contributed by atoms with E-state index in [1.54, 1.807) is 0 Å². The monoisotopic (exact) mass is 320 g/mol. The number of anilines is 1. The first-order chi connectivity index (χ1) is 10.1. The second-order valence-electron chi connectivity index (χ2n) is 5.54. The molecule has 112 valence electrons. The molecule has 2 heterocycles. The lowest BCUT2D eigenvalue weighted by Crippen LogP contribution is -2.31. The lowest BCUT2D eigenvalue weighted by atomic mass is 10.1. The minimum Gasteiger partial charge on any atom is -0.397 e. The highest BCUT2D eigenvalue weighted by Gasteiger charge is 2.19. The molecule has 0 radical (unpaired) electrons. The van der Waals surface area contributed by atoms with E-state index in [1.807, 2.05) is 24.8 Å². The average Bonchev–Trinajstić information content (AvgIpc) is 2.83. The molecule has 0 spiro atoms. The number of thiophene rings is 1. The molecule has 0 aliphatic carbocycles. The van der Waals surface area contributed by atoms with E-state index in [1.165, 1.54) is 36.4 Å². The van der Waals surface area contributed by atoms with Gasteiger partial charge in [0.25, 0.3) is 5.91 Å². The number of carbonyl (C=O) groups is 1. The second-order valence-corrected chi connectivity index (χ2v) is 8.00. The minimum absolute atomic E-state index is 0.0301. The van der Waals surface area contributed by atoms with Gasteiger partial charge in [0.1, 0.15) is 4.88 Å². The van der Waals surface area contributed by atoms with Crippen LogP contribution in [0.4, 0.5) is 5.69 Å². The van der Waals surface area contributed by atoms with Crippen LogP contribution in [0, 0.1) is 6.92 Å². The van der Waals surface area contributed by atoms with Crippen LogP contribution in [0.3, 0.4) is 0 Å². The summed E-state index contributed by atoms with van der Waals surface area (Å²) in [5.41, 5.74) is 7.94. The lowest BCUT2D eigenvalue weighted by molar-refractivity contribution is 0.0958. The summed E-state index contributed by atoms with van der Waals surface area (Å²) in [5, 5.41) is 4.61. The third-order valence-corrected chi connectivity index (χ3v) is 6.44. The zero-order valence-electron chi connectivity index (χ0n) is 12.1. The number of rotatable bonds is 3. The van der Waals surface area contributed by atoms with Crippen molar-refractivity contribution < 1.29 is 4.79 Å². The highest BCUT2D eigenvalue weighted by atomic mass is 32.2. The Morgan fingerprint density at radius 3 is 3.05 bits per heavy atom. The summed E-state index contributed by atoms with van der Waals surface area (Å²) in [5.74, 6) is 1.18. The van der Waals surface area contributed by atoms with Crippen LogP contribution in [0.2, 0.25) is 0 Å². The van der Waals surface area contributed by atoms with Crippen molar-refractivity contribution in [3.63, 3.8) is 0 Å². The maximum Gasteiger partial charge on any atom is 0.263 e. The molecule has 1 aromatic carbocycles. The first-order valence-corrected chi connectivity index (χ1v) is 9.20. The number of benzene rings is 1. The van der Waals surface area contributed by atoms with Gasteiger partial charge in [0, 0.05) is 21.9 Å². The quantitative estimate of drug-likeness (QED) is 0.904. The number of aryl methyl sites for hydroxylation is 1. The second kappa shape index (κ2) is 6.28. The fourth-order valence-electron chi connectivity index (χ4n) is 2.65. The Kier molecular flexibility index (Phi) is 4.40. The van der Waals surface area contributed by atoms with Gasteiger partial charge in [-0.1, -0.05) is 18.1 Å². The van der Waals surface area contributed by atoms with E-state index in [0.29, 0.717) is 15.8 Å². The van der Waals surface area contributed by atoms with E-state index in [4.69, 9.17) is 5.73 Å². The first-order valence-electron chi connectivity index (χ1n) is 7.33. The number of carbonyl (C=O) groups excluding carboxylic acids is 1. The molecule has 0 bridgehead atoms. The van der Waals surface area contributed by atoms with Crippen molar-refractivity contribution in [3.8, 4) is 0 Å². The van der Waals surface area contributed by atoms with Gasteiger partial charge in [-0.2, -0.15) is 11.8 Å². The molecule has 0 saturated carbocycles. The molecule has 3 nitrogen and oxygen atoms in total. The molecule has 1 amide bonds. The molecule has 5 heteroatoms. The lowest BCUT2D eigenvalue weighted by Gasteiger charge is -2.21. The Morgan fingerprint density at radius 2 is 2.29 bits per heavy atom. The molecule has 1 fully saturated rings. The van der Waals surface area contributed by atoms with Crippen molar-refractivity contribution in [2.24, 2.45) is 0 Å². The highest BCUT2D eigenvalue weighted by Crippen LogP contribution is 2.34. The Morgan fingerprint density at radius 1 is 1.43 bits per heavy atom. The summed E-state index contributed by atoms with van der Waals surface area (Å²) in [6.07, 6.45) is 3.78. The smallest absolute Gasteiger partial charge is 0.263 e. The number of hydrogen-bond donors (Lipinski definition) is 2. The number of thioether (sulfide) groups is 1. The molecule has 1 unspecified atom stereocenters. The molecule has 1 saturated heterocycles. The van der Waals surface area contributed by atoms with E-state index in [9.17, 15) is 4.79 Å². The Bertz CT molecular complexity index is 660. The van der Waals surface area contributed by atoms with Crippen LogP contribution >= 0.6 is 23.1 Å². The van der Waals surface area contributed by atoms with Gasteiger partial charge in [-0.05, 0) is 37.7 Å². The summed E-state index contributed by atoms with van der Waals surface area (Å²) in [6.45, 7) is 2.78. The van der Waals surface area contributed by atoms with E-state index < -0.39 is 0 Å². The zero-order valence-corrected chi connectivity index (χ0v) is 13.8. The van der Waals surface area contributed by atoms with Gasteiger partial charge in [0.15, 0.2) is 0 Å². The van der Waals surface area contributed by atoms with Crippen LogP contribution < -0.4 is 11.1 Å². The standard InChI is InChI=1S/C16H20N2OS2/c1-10-5-6-13-12(8-10)14(17)15(21-13)16(19)18-9-11-4-2-3-7-20-11/h5-6,8,11H,2-4,7,9,17H2,1H3,(H,18,19). The predicted octanol–water partition coefficient (Wildman–Crippen LogP) is 3.81. The number of nitrogens with one attached hydrogen (secondary N) is 1. The molecule has 1 aliphatic heterocycles. The average molecular weight is 320 g/mol. The van der Waals surface area contributed by atoms with E-state index in [-0.39, 0.29) is 5.91 Å². The molecule has 3 rings (SSSR count). The van der Waals surface area contributed by atoms with Crippen molar-refractivity contribution in [2.75, 3.05) is 18.0 Å². The molecule has 21 heavy (non-hydrogen) atoms. The van der Waals surface area contributed by atoms with Gasteiger partial charge < -0.3 is 11.1 Å². The van der Waals surface area contributed by atoms with E-state index in [0.717, 1.165) is 22.2 Å². The van der Waals surface area contributed by atoms with E-state index >= 15 is 0 Å². The predicted molar refractivity (Wildman–Crippen MR) is 93.4 cm³/mol. The number of fused-ring (bicyclic) bond motifs is 1. The first kappa shape index (κ1) is 14.7. The fraction of sp³-hybridized carbons (Fsp3) is 0.438. The Balaban J connectivity index is 1.73. The van der Waals surface area contributed by atoms with Gasteiger partial charge in [-0.3, -0.25) is 4.79 Å². The Labute approximate surface area is 133 Å². The number of hydrogen-bond acceptors (Lipinski definition) is 4. The SMILES string of the molecule is Cc1ccc2sc(C(=O)NCC3CCCCS3)c(N)c2c1. The van der Waals surface area contributed by atoms with Crippen LogP contribution in [0.1, 0.15) is 34.5 Å². The minimum atomic E-state index is -0.0301.